The molecule has 4 nitrogen and oxygen atoms in total. The molecule has 0 bridgehead atoms. The molecule has 0 atom stereocenters. The lowest BCUT2D eigenvalue weighted by atomic mass is 10.3. The van der Waals surface area contributed by atoms with Crippen LogP contribution >= 0.6 is 11.3 Å². The average molecular weight is 269 g/mol. The first-order valence-electron chi connectivity index (χ1n) is 5.86. The number of hydrogen-bond acceptors (Lipinski definition) is 5. The first-order valence-corrected chi connectivity index (χ1v) is 6.68. The van der Waals surface area contributed by atoms with Crippen LogP contribution in [0, 0.1) is 13.8 Å². The van der Waals surface area contributed by atoms with Crippen molar-refractivity contribution in [2.45, 2.75) is 13.8 Å². The first-order chi connectivity index (χ1) is 9.13. The molecule has 2 aromatic heterocycles. The minimum atomic E-state index is -0.230. The van der Waals surface area contributed by atoms with Crippen molar-refractivity contribution in [3.8, 4) is 10.8 Å². The Morgan fingerprint density at radius 2 is 1.68 bits per heavy atom. The fourth-order valence-corrected chi connectivity index (χ4v) is 2.86. The van der Waals surface area contributed by atoms with Crippen LogP contribution in [-0.4, -0.2) is 15.0 Å². The predicted octanol–water partition coefficient (Wildman–Crippen LogP) is 2.73. The van der Waals surface area contributed by atoms with Crippen LogP contribution in [0.4, 0.5) is 0 Å². The number of benzene rings is 1. The zero-order chi connectivity index (χ0) is 13.4. The van der Waals surface area contributed by atoms with E-state index in [0.717, 1.165) is 16.1 Å². The van der Waals surface area contributed by atoms with Gasteiger partial charge in [-0.3, -0.25) is 4.79 Å². The van der Waals surface area contributed by atoms with E-state index in [4.69, 9.17) is 0 Å². The largest absolute Gasteiger partial charge is 0.279 e. The summed E-state index contributed by atoms with van der Waals surface area (Å²) < 4.78 is 0.903. The van der Waals surface area contributed by atoms with E-state index in [-0.39, 0.29) is 5.56 Å². The van der Waals surface area contributed by atoms with E-state index in [1.807, 2.05) is 38.1 Å². The molecule has 3 aromatic rings. The van der Waals surface area contributed by atoms with E-state index >= 15 is 0 Å². The van der Waals surface area contributed by atoms with Gasteiger partial charge >= 0.3 is 0 Å². The topological polar surface area (TPSA) is 55.7 Å². The number of nitrogens with zero attached hydrogens (tertiary/aromatic N) is 3. The van der Waals surface area contributed by atoms with E-state index in [1.54, 1.807) is 6.07 Å². The molecule has 0 aliphatic carbocycles. The third-order valence-corrected chi connectivity index (χ3v) is 3.74. The molecule has 0 amide bonds. The molecule has 3 rings (SSSR count). The lowest BCUT2D eigenvalue weighted by Crippen LogP contribution is -2.07. The van der Waals surface area contributed by atoms with Crippen LogP contribution in [0.3, 0.4) is 0 Å². The maximum Gasteiger partial charge on any atom is 0.279 e. The quantitative estimate of drug-likeness (QED) is 0.681. The van der Waals surface area contributed by atoms with Crippen molar-refractivity contribution in [1.82, 2.24) is 15.0 Å². The van der Waals surface area contributed by atoms with Gasteiger partial charge in [0.15, 0.2) is 10.8 Å². The Labute approximate surface area is 113 Å². The second-order valence-corrected chi connectivity index (χ2v) is 5.33. The Morgan fingerprint density at radius 3 is 2.42 bits per heavy atom. The summed E-state index contributed by atoms with van der Waals surface area (Å²) in [6.07, 6.45) is 0. The molecular formula is C14H11N3OS. The van der Waals surface area contributed by atoms with Gasteiger partial charge in [-0.2, -0.15) is 4.98 Å². The van der Waals surface area contributed by atoms with E-state index in [2.05, 4.69) is 15.0 Å². The normalized spacial score (nSPS) is 10.8. The highest BCUT2D eigenvalue weighted by molar-refractivity contribution is 7.21. The van der Waals surface area contributed by atoms with Crippen molar-refractivity contribution in [1.29, 1.82) is 0 Å². The van der Waals surface area contributed by atoms with E-state index in [9.17, 15) is 4.79 Å². The summed E-state index contributed by atoms with van der Waals surface area (Å²) in [5.74, 6) is 0.519. The summed E-state index contributed by atoms with van der Waals surface area (Å²) >= 11 is 1.44. The van der Waals surface area contributed by atoms with Crippen LogP contribution < -0.4 is 5.56 Å². The maximum atomic E-state index is 12.0. The minimum absolute atomic E-state index is 0.230. The molecule has 19 heavy (non-hydrogen) atoms. The van der Waals surface area contributed by atoms with Crippen molar-refractivity contribution in [2.24, 2.45) is 0 Å². The number of aryl methyl sites for hydroxylation is 2. The van der Waals surface area contributed by atoms with Gasteiger partial charge in [0, 0.05) is 16.1 Å². The summed E-state index contributed by atoms with van der Waals surface area (Å²) in [7, 11) is 0. The summed E-state index contributed by atoms with van der Waals surface area (Å²) in [4.78, 5) is 24.8. The van der Waals surface area contributed by atoms with E-state index in [0.29, 0.717) is 16.2 Å². The Balaban J connectivity index is 2.28. The second-order valence-electron chi connectivity index (χ2n) is 4.29. The standard InChI is InChI=1S/C14H11N3OS/c1-8-7-9(2)16-12(15-8)14-17-13(18)10-5-3-4-6-11(10)19-14/h3-7H,1-2H3. The molecule has 0 unspecified atom stereocenters. The highest BCUT2D eigenvalue weighted by Crippen LogP contribution is 2.23. The van der Waals surface area contributed by atoms with Gasteiger partial charge in [-0.05, 0) is 32.0 Å². The van der Waals surface area contributed by atoms with Crippen molar-refractivity contribution < 1.29 is 0 Å². The smallest absolute Gasteiger partial charge is 0.267 e. The lowest BCUT2D eigenvalue weighted by molar-refractivity contribution is 1.05. The number of rotatable bonds is 1. The van der Waals surface area contributed by atoms with Crippen LogP contribution in [0.15, 0.2) is 35.1 Å². The van der Waals surface area contributed by atoms with Crippen molar-refractivity contribution in [3.63, 3.8) is 0 Å². The molecule has 5 heteroatoms. The summed E-state index contributed by atoms with van der Waals surface area (Å²) in [5.41, 5.74) is 1.52. The highest BCUT2D eigenvalue weighted by Gasteiger charge is 2.09. The molecule has 0 saturated carbocycles. The molecule has 0 radical (unpaired) electrons. The van der Waals surface area contributed by atoms with Crippen molar-refractivity contribution in [3.05, 3.63) is 52.1 Å². The van der Waals surface area contributed by atoms with Gasteiger partial charge in [-0.15, -0.1) is 11.3 Å². The molecule has 0 aliphatic heterocycles. The maximum absolute atomic E-state index is 12.0. The van der Waals surface area contributed by atoms with Crippen molar-refractivity contribution in [2.75, 3.05) is 0 Å². The zero-order valence-corrected chi connectivity index (χ0v) is 11.4. The van der Waals surface area contributed by atoms with E-state index in [1.165, 1.54) is 11.3 Å². The van der Waals surface area contributed by atoms with E-state index < -0.39 is 0 Å². The van der Waals surface area contributed by atoms with Gasteiger partial charge in [0.25, 0.3) is 5.56 Å². The summed E-state index contributed by atoms with van der Waals surface area (Å²) in [6.45, 7) is 3.81. The highest BCUT2D eigenvalue weighted by atomic mass is 32.1. The molecule has 0 fully saturated rings. The Kier molecular flexibility index (Phi) is 2.83. The number of fused-ring (bicyclic) bond motifs is 1. The summed E-state index contributed by atoms with van der Waals surface area (Å²) in [6, 6.07) is 9.34. The van der Waals surface area contributed by atoms with Crippen LogP contribution in [-0.2, 0) is 0 Å². The Hall–Kier alpha value is -2.14. The third-order valence-electron chi connectivity index (χ3n) is 2.70. The predicted molar refractivity (Wildman–Crippen MR) is 76.4 cm³/mol. The molecule has 94 valence electrons. The van der Waals surface area contributed by atoms with Gasteiger partial charge in [0.05, 0.1) is 5.39 Å². The molecule has 2 heterocycles. The molecule has 1 aromatic carbocycles. The second kappa shape index (κ2) is 4.51. The summed E-state index contributed by atoms with van der Waals surface area (Å²) in [5, 5.41) is 1.20. The van der Waals surface area contributed by atoms with Gasteiger partial charge in [0.2, 0.25) is 0 Å². The molecule has 0 saturated heterocycles. The van der Waals surface area contributed by atoms with Gasteiger partial charge in [-0.1, -0.05) is 12.1 Å². The number of aromatic nitrogens is 3. The zero-order valence-electron chi connectivity index (χ0n) is 10.5. The first kappa shape index (κ1) is 11.9. The Bertz CT molecular complexity index is 806. The SMILES string of the molecule is Cc1cc(C)nc(-c2nc(=O)c3ccccc3s2)n1. The van der Waals surface area contributed by atoms with Gasteiger partial charge in [-0.25, -0.2) is 9.97 Å². The average Bonchev–Trinajstić information content (AvgIpc) is 2.37. The van der Waals surface area contributed by atoms with Crippen LogP contribution in [0.2, 0.25) is 0 Å². The van der Waals surface area contributed by atoms with Crippen LogP contribution in [0.25, 0.3) is 20.9 Å². The minimum Gasteiger partial charge on any atom is -0.267 e. The molecule has 0 N–H and O–H groups in total. The number of hydrogen-bond donors (Lipinski definition) is 0. The van der Waals surface area contributed by atoms with Crippen molar-refractivity contribution >= 4 is 21.4 Å². The van der Waals surface area contributed by atoms with Gasteiger partial charge in [0.1, 0.15) is 0 Å². The van der Waals surface area contributed by atoms with Crippen LogP contribution in [0.1, 0.15) is 11.4 Å². The Morgan fingerprint density at radius 1 is 1.00 bits per heavy atom. The fourth-order valence-electron chi connectivity index (χ4n) is 1.93. The van der Waals surface area contributed by atoms with Crippen LogP contribution in [0.5, 0.6) is 0 Å². The third kappa shape index (κ3) is 2.24. The fraction of sp³-hybridized carbons (Fsp3) is 0.143. The molecule has 0 spiro atoms. The van der Waals surface area contributed by atoms with Gasteiger partial charge < -0.3 is 0 Å². The molecular weight excluding hydrogens is 258 g/mol. The lowest BCUT2D eigenvalue weighted by Gasteiger charge is -2.02. The monoisotopic (exact) mass is 269 g/mol. The molecule has 0 aliphatic rings.